The van der Waals surface area contributed by atoms with E-state index in [2.05, 4.69) is 0 Å². The number of nitrogens with two attached hydrogens (primary N) is 1. The molecule has 0 aliphatic carbocycles. The normalized spacial score (nSPS) is 9.38. The third-order valence-electron chi connectivity index (χ3n) is 2.04. The van der Waals surface area contributed by atoms with Crippen LogP contribution in [0.3, 0.4) is 0 Å². The molecule has 0 fully saturated rings. The first-order chi connectivity index (χ1) is 7.76. The van der Waals surface area contributed by atoms with E-state index < -0.39 is 0 Å². The topological polar surface area (TPSA) is 77.5 Å². The van der Waals surface area contributed by atoms with Crippen molar-refractivity contribution in [1.82, 2.24) is 0 Å². The van der Waals surface area contributed by atoms with Crippen LogP contribution in [0.15, 0.2) is 12.1 Å². The Labute approximate surface area is 94.3 Å². The highest BCUT2D eigenvalue weighted by Crippen LogP contribution is 2.38. The van der Waals surface area contributed by atoms with E-state index in [0.29, 0.717) is 23.8 Å². The van der Waals surface area contributed by atoms with Gasteiger partial charge in [-0.2, -0.15) is 5.26 Å². The van der Waals surface area contributed by atoms with E-state index in [1.165, 1.54) is 14.2 Å². The molecule has 1 aromatic rings. The molecule has 5 heteroatoms. The molecule has 0 unspecified atom stereocenters. The first-order valence-corrected chi connectivity index (χ1v) is 4.71. The van der Waals surface area contributed by atoms with E-state index in [1.54, 1.807) is 12.1 Å². The van der Waals surface area contributed by atoms with Crippen LogP contribution in [-0.4, -0.2) is 20.8 Å². The van der Waals surface area contributed by atoms with E-state index >= 15 is 0 Å². The van der Waals surface area contributed by atoms with Crippen molar-refractivity contribution in [3.05, 3.63) is 17.7 Å². The summed E-state index contributed by atoms with van der Waals surface area (Å²) in [5.41, 5.74) is 6.42. The standard InChI is InChI=1S/C11H14N2O3/c1-14-9-5-8(7-13)6-10(15-2)11(9)16-4-3-12/h5-6H,4,7,13H2,1-2H3. The zero-order valence-electron chi connectivity index (χ0n) is 9.32. The van der Waals surface area contributed by atoms with Crippen LogP contribution in [0.4, 0.5) is 0 Å². The second kappa shape index (κ2) is 5.83. The molecule has 0 saturated heterocycles. The smallest absolute Gasteiger partial charge is 0.204 e. The van der Waals surface area contributed by atoms with Crippen molar-refractivity contribution in [2.45, 2.75) is 6.54 Å². The maximum absolute atomic E-state index is 8.48. The molecule has 86 valence electrons. The quantitative estimate of drug-likeness (QED) is 0.806. The Morgan fingerprint density at radius 1 is 1.25 bits per heavy atom. The molecule has 0 saturated carbocycles. The Morgan fingerprint density at radius 2 is 1.81 bits per heavy atom. The number of nitrogens with zero attached hydrogens (tertiary/aromatic N) is 1. The summed E-state index contributed by atoms with van der Waals surface area (Å²) in [4.78, 5) is 0. The van der Waals surface area contributed by atoms with E-state index in [4.69, 9.17) is 25.2 Å². The molecular weight excluding hydrogens is 208 g/mol. The van der Waals surface area contributed by atoms with Gasteiger partial charge in [0, 0.05) is 6.54 Å². The Bertz CT molecular complexity index is 374. The van der Waals surface area contributed by atoms with Crippen molar-refractivity contribution < 1.29 is 14.2 Å². The summed E-state index contributed by atoms with van der Waals surface area (Å²) in [5, 5.41) is 8.48. The second-order valence-corrected chi connectivity index (χ2v) is 2.98. The maximum atomic E-state index is 8.48. The third kappa shape index (κ3) is 2.55. The Hall–Kier alpha value is -1.93. The van der Waals surface area contributed by atoms with Crippen molar-refractivity contribution >= 4 is 0 Å². The highest BCUT2D eigenvalue weighted by atomic mass is 16.5. The van der Waals surface area contributed by atoms with Gasteiger partial charge in [-0.1, -0.05) is 0 Å². The van der Waals surface area contributed by atoms with Gasteiger partial charge in [-0.25, -0.2) is 0 Å². The highest BCUT2D eigenvalue weighted by molar-refractivity contribution is 5.53. The van der Waals surface area contributed by atoms with Crippen LogP contribution in [0.2, 0.25) is 0 Å². The second-order valence-electron chi connectivity index (χ2n) is 2.98. The molecule has 0 radical (unpaired) electrons. The van der Waals surface area contributed by atoms with Gasteiger partial charge in [0.2, 0.25) is 5.75 Å². The van der Waals surface area contributed by atoms with Gasteiger partial charge < -0.3 is 19.9 Å². The molecular formula is C11H14N2O3. The van der Waals surface area contributed by atoms with Crippen LogP contribution in [0.1, 0.15) is 5.56 Å². The number of ether oxygens (including phenoxy) is 3. The average Bonchev–Trinajstić information content (AvgIpc) is 2.35. The summed E-state index contributed by atoms with van der Waals surface area (Å²) in [6, 6.07) is 5.41. The number of benzene rings is 1. The zero-order chi connectivity index (χ0) is 12.0. The van der Waals surface area contributed by atoms with Gasteiger partial charge in [0.05, 0.1) is 14.2 Å². The lowest BCUT2D eigenvalue weighted by Crippen LogP contribution is -2.03. The van der Waals surface area contributed by atoms with Gasteiger partial charge >= 0.3 is 0 Å². The summed E-state index contributed by atoms with van der Waals surface area (Å²) in [6.07, 6.45) is 0. The van der Waals surface area contributed by atoms with Gasteiger partial charge in [0.15, 0.2) is 18.1 Å². The van der Waals surface area contributed by atoms with E-state index in [-0.39, 0.29) is 6.61 Å². The Morgan fingerprint density at radius 3 is 2.19 bits per heavy atom. The molecule has 5 nitrogen and oxygen atoms in total. The molecule has 1 aromatic carbocycles. The molecule has 0 spiro atoms. The lowest BCUT2D eigenvalue weighted by molar-refractivity contribution is 0.303. The fourth-order valence-electron chi connectivity index (χ4n) is 1.30. The fraction of sp³-hybridized carbons (Fsp3) is 0.364. The molecule has 0 aliphatic heterocycles. The van der Waals surface area contributed by atoms with Gasteiger partial charge in [-0.3, -0.25) is 0 Å². The van der Waals surface area contributed by atoms with Crippen molar-refractivity contribution in [2.24, 2.45) is 5.73 Å². The highest BCUT2D eigenvalue weighted by Gasteiger charge is 2.13. The summed E-state index contributed by atoms with van der Waals surface area (Å²) >= 11 is 0. The Balaban J connectivity index is 3.15. The molecule has 0 atom stereocenters. The van der Waals surface area contributed by atoms with Crippen LogP contribution < -0.4 is 19.9 Å². The first kappa shape index (κ1) is 12.1. The lowest BCUT2D eigenvalue weighted by atomic mass is 10.2. The number of hydrogen-bond acceptors (Lipinski definition) is 5. The fourth-order valence-corrected chi connectivity index (χ4v) is 1.30. The monoisotopic (exact) mass is 222 g/mol. The van der Waals surface area contributed by atoms with Crippen LogP contribution in [0, 0.1) is 11.3 Å². The molecule has 0 aromatic heterocycles. The van der Waals surface area contributed by atoms with Gasteiger partial charge in [0.1, 0.15) is 6.07 Å². The number of rotatable bonds is 5. The van der Waals surface area contributed by atoms with E-state index in [9.17, 15) is 0 Å². The number of nitriles is 1. The first-order valence-electron chi connectivity index (χ1n) is 4.71. The van der Waals surface area contributed by atoms with E-state index in [1.807, 2.05) is 6.07 Å². The number of methoxy groups -OCH3 is 2. The average molecular weight is 222 g/mol. The predicted octanol–water partition coefficient (Wildman–Crippen LogP) is 1.06. The van der Waals surface area contributed by atoms with Gasteiger partial charge in [-0.05, 0) is 17.7 Å². The molecule has 0 bridgehead atoms. The van der Waals surface area contributed by atoms with Crippen LogP contribution >= 0.6 is 0 Å². The molecule has 2 N–H and O–H groups in total. The molecule has 0 heterocycles. The molecule has 0 aliphatic rings. The van der Waals surface area contributed by atoms with Crippen LogP contribution in [-0.2, 0) is 6.54 Å². The van der Waals surface area contributed by atoms with Crippen LogP contribution in [0.25, 0.3) is 0 Å². The van der Waals surface area contributed by atoms with Crippen molar-refractivity contribution in [2.75, 3.05) is 20.8 Å². The number of hydrogen-bond donors (Lipinski definition) is 1. The summed E-state index contributed by atoms with van der Waals surface area (Å²) in [5.74, 6) is 1.44. The summed E-state index contributed by atoms with van der Waals surface area (Å²) in [6.45, 7) is 0.319. The Kier molecular flexibility index (Phi) is 4.42. The molecule has 16 heavy (non-hydrogen) atoms. The summed E-state index contributed by atoms with van der Waals surface area (Å²) in [7, 11) is 3.04. The van der Waals surface area contributed by atoms with Crippen molar-refractivity contribution in [3.8, 4) is 23.3 Å². The van der Waals surface area contributed by atoms with Crippen LogP contribution in [0.5, 0.6) is 17.2 Å². The van der Waals surface area contributed by atoms with E-state index in [0.717, 1.165) is 5.56 Å². The lowest BCUT2D eigenvalue weighted by Gasteiger charge is -2.14. The minimum atomic E-state index is -0.0608. The third-order valence-corrected chi connectivity index (χ3v) is 2.04. The van der Waals surface area contributed by atoms with Gasteiger partial charge in [-0.15, -0.1) is 0 Å². The van der Waals surface area contributed by atoms with Gasteiger partial charge in [0.25, 0.3) is 0 Å². The SMILES string of the molecule is COc1cc(CN)cc(OC)c1OCC#N. The minimum absolute atomic E-state index is 0.0608. The van der Waals surface area contributed by atoms with Crippen molar-refractivity contribution in [1.29, 1.82) is 5.26 Å². The summed E-state index contributed by atoms with van der Waals surface area (Å²) < 4.78 is 15.6. The largest absolute Gasteiger partial charge is 0.493 e. The molecule has 0 amide bonds. The zero-order valence-corrected chi connectivity index (χ0v) is 9.32. The molecule has 1 rings (SSSR count). The maximum Gasteiger partial charge on any atom is 0.204 e. The predicted molar refractivity (Wildman–Crippen MR) is 58.5 cm³/mol. The minimum Gasteiger partial charge on any atom is -0.493 e. The van der Waals surface area contributed by atoms with Crippen molar-refractivity contribution in [3.63, 3.8) is 0 Å².